The molecule has 2 aromatic rings. The Morgan fingerprint density at radius 1 is 1.35 bits per heavy atom. The van der Waals surface area contributed by atoms with Crippen molar-refractivity contribution in [1.29, 1.82) is 0 Å². The summed E-state index contributed by atoms with van der Waals surface area (Å²) in [4.78, 5) is 20.1. The van der Waals surface area contributed by atoms with Crippen molar-refractivity contribution in [3.8, 4) is 0 Å². The number of anilines is 2. The van der Waals surface area contributed by atoms with Crippen LogP contribution in [0.15, 0.2) is 36.5 Å². The lowest BCUT2D eigenvalue weighted by Crippen LogP contribution is -2.15. The monoisotopic (exact) mass is 274 g/mol. The number of hydrogen-bond acceptors (Lipinski definition) is 4. The highest BCUT2D eigenvalue weighted by molar-refractivity contribution is 6.02. The van der Waals surface area contributed by atoms with E-state index in [0.29, 0.717) is 11.6 Å². The van der Waals surface area contributed by atoms with Gasteiger partial charge in [0.2, 0.25) is 5.95 Å². The van der Waals surface area contributed by atoms with Crippen molar-refractivity contribution in [1.82, 2.24) is 9.97 Å². The van der Waals surface area contributed by atoms with Crippen LogP contribution in [-0.2, 0) is 0 Å². The SMILES string of the molecule is CCCNc1nccc(C(=O)Nc2cccc(F)c2)n1. The van der Waals surface area contributed by atoms with Crippen LogP contribution in [0.25, 0.3) is 0 Å². The minimum atomic E-state index is -0.407. The smallest absolute Gasteiger partial charge is 0.274 e. The Morgan fingerprint density at radius 2 is 2.20 bits per heavy atom. The molecule has 2 rings (SSSR count). The molecule has 20 heavy (non-hydrogen) atoms. The predicted octanol–water partition coefficient (Wildman–Crippen LogP) is 2.69. The van der Waals surface area contributed by atoms with Gasteiger partial charge >= 0.3 is 0 Å². The molecule has 1 aromatic carbocycles. The van der Waals surface area contributed by atoms with E-state index in [4.69, 9.17) is 0 Å². The van der Waals surface area contributed by atoms with Crippen LogP contribution in [0.1, 0.15) is 23.8 Å². The first-order valence-corrected chi connectivity index (χ1v) is 6.33. The van der Waals surface area contributed by atoms with Gasteiger partial charge in [-0.3, -0.25) is 4.79 Å². The molecule has 6 heteroatoms. The van der Waals surface area contributed by atoms with E-state index < -0.39 is 11.7 Å². The van der Waals surface area contributed by atoms with E-state index in [1.165, 1.54) is 30.5 Å². The van der Waals surface area contributed by atoms with E-state index in [-0.39, 0.29) is 5.69 Å². The fourth-order valence-corrected chi connectivity index (χ4v) is 1.57. The summed E-state index contributed by atoms with van der Waals surface area (Å²) in [6.07, 6.45) is 2.44. The van der Waals surface area contributed by atoms with Gasteiger partial charge in [0.1, 0.15) is 11.5 Å². The number of carbonyl (C=O) groups is 1. The average Bonchev–Trinajstić information content (AvgIpc) is 2.45. The summed E-state index contributed by atoms with van der Waals surface area (Å²) in [6, 6.07) is 7.20. The van der Waals surface area contributed by atoms with E-state index in [9.17, 15) is 9.18 Å². The zero-order chi connectivity index (χ0) is 14.4. The molecule has 0 aliphatic rings. The molecule has 0 fully saturated rings. The summed E-state index contributed by atoms with van der Waals surface area (Å²) in [5, 5.41) is 5.59. The lowest BCUT2D eigenvalue weighted by Gasteiger charge is -2.06. The minimum absolute atomic E-state index is 0.225. The van der Waals surface area contributed by atoms with Crippen LogP contribution in [0.4, 0.5) is 16.0 Å². The van der Waals surface area contributed by atoms with Crippen LogP contribution in [0.3, 0.4) is 0 Å². The molecule has 0 spiro atoms. The van der Waals surface area contributed by atoms with Crippen molar-refractivity contribution < 1.29 is 9.18 Å². The van der Waals surface area contributed by atoms with Gasteiger partial charge < -0.3 is 10.6 Å². The predicted molar refractivity (Wildman–Crippen MR) is 75.2 cm³/mol. The van der Waals surface area contributed by atoms with Crippen molar-refractivity contribution in [2.24, 2.45) is 0 Å². The molecular weight excluding hydrogens is 259 g/mol. The second-order valence-corrected chi connectivity index (χ2v) is 4.16. The van der Waals surface area contributed by atoms with Crippen molar-refractivity contribution in [3.05, 3.63) is 48.0 Å². The summed E-state index contributed by atoms with van der Waals surface area (Å²) in [7, 11) is 0. The van der Waals surface area contributed by atoms with Gasteiger partial charge in [-0.25, -0.2) is 14.4 Å². The highest BCUT2D eigenvalue weighted by Gasteiger charge is 2.09. The van der Waals surface area contributed by atoms with E-state index in [1.54, 1.807) is 6.07 Å². The second kappa shape index (κ2) is 6.60. The van der Waals surface area contributed by atoms with E-state index in [2.05, 4.69) is 20.6 Å². The maximum Gasteiger partial charge on any atom is 0.274 e. The van der Waals surface area contributed by atoms with Gasteiger partial charge in [0, 0.05) is 18.4 Å². The van der Waals surface area contributed by atoms with Crippen molar-refractivity contribution >= 4 is 17.5 Å². The van der Waals surface area contributed by atoms with E-state index >= 15 is 0 Å². The molecule has 2 N–H and O–H groups in total. The van der Waals surface area contributed by atoms with Gasteiger partial charge in [0.15, 0.2) is 0 Å². The normalized spacial score (nSPS) is 10.1. The number of aromatic nitrogens is 2. The Labute approximate surface area is 116 Å². The summed E-state index contributed by atoms with van der Waals surface area (Å²) >= 11 is 0. The average molecular weight is 274 g/mol. The van der Waals surface area contributed by atoms with Crippen molar-refractivity contribution in [3.63, 3.8) is 0 Å². The Balaban J connectivity index is 2.09. The number of hydrogen-bond donors (Lipinski definition) is 2. The van der Waals surface area contributed by atoms with Crippen LogP contribution < -0.4 is 10.6 Å². The number of carbonyl (C=O) groups excluding carboxylic acids is 1. The molecule has 0 aliphatic heterocycles. The number of nitrogens with zero attached hydrogens (tertiary/aromatic N) is 2. The Kier molecular flexibility index (Phi) is 4.60. The number of benzene rings is 1. The van der Waals surface area contributed by atoms with Crippen LogP contribution in [-0.4, -0.2) is 22.4 Å². The highest BCUT2D eigenvalue weighted by Crippen LogP contribution is 2.11. The van der Waals surface area contributed by atoms with Crippen molar-refractivity contribution in [2.75, 3.05) is 17.2 Å². The van der Waals surface area contributed by atoms with Crippen LogP contribution in [0.2, 0.25) is 0 Å². The molecule has 1 amide bonds. The second-order valence-electron chi connectivity index (χ2n) is 4.16. The van der Waals surface area contributed by atoms with Crippen molar-refractivity contribution in [2.45, 2.75) is 13.3 Å². The zero-order valence-corrected chi connectivity index (χ0v) is 11.1. The number of rotatable bonds is 5. The molecule has 0 aliphatic carbocycles. The quantitative estimate of drug-likeness (QED) is 0.879. The summed E-state index contributed by atoms with van der Waals surface area (Å²) < 4.78 is 13.0. The molecule has 1 heterocycles. The first-order chi connectivity index (χ1) is 9.69. The number of halogens is 1. The van der Waals surface area contributed by atoms with Crippen LogP contribution >= 0.6 is 0 Å². The van der Waals surface area contributed by atoms with Gasteiger partial charge in [-0.15, -0.1) is 0 Å². The fraction of sp³-hybridized carbons (Fsp3) is 0.214. The van der Waals surface area contributed by atoms with Gasteiger partial charge in [0.05, 0.1) is 0 Å². The maximum atomic E-state index is 13.0. The van der Waals surface area contributed by atoms with Gasteiger partial charge in [0.25, 0.3) is 5.91 Å². The molecule has 0 bridgehead atoms. The summed E-state index contributed by atoms with van der Waals surface area (Å²) in [5.41, 5.74) is 0.611. The third kappa shape index (κ3) is 3.74. The molecular formula is C14H15FN4O. The molecule has 104 valence electrons. The summed E-state index contributed by atoms with van der Waals surface area (Å²) in [6.45, 7) is 2.75. The lowest BCUT2D eigenvalue weighted by atomic mass is 10.3. The largest absolute Gasteiger partial charge is 0.354 e. The molecule has 0 atom stereocenters. The fourth-order valence-electron chi connectivity index (χ4n) is 1.57. The third-order valence-electron chi connectivity index (χ3n) is 2.50. The number of amides is 1. The zero-order valence-electron chi connectivity index (χ0n) is 11.1. The van der Waals surface area contributed by atoms with Gasteiger partial charge in [-0.1, -0.05) is 13.0 Å². The maximum absolute atomic E-state index is 13.0. The van der Waals surface area contributed by atoms with E-state index in [0.717, 1.165) is 13.0 Å². The highest BCUT2D eigenvalue weighted by atomic mass is 19.1. The molecule has 0 unspecified atom stereocenters. The summed E-state index contributed by atoms with van der Waals surface area (Å²) in [5.74, 6) is -0.410. The molecule has 0 saturated carbocycles. The number of nitrogens with one attached hydrogen (secondary N) is 2. The minimum Gasteiger partial charge on any atom is -0.354 e. The van der Waals surface area contributed by atoms with Crippen LogP contribution in [0.5, 0.6) is 0 Å². The Hall–Kier alpha value is -2.50. The first kappa shape index (κ1) is 13.9. The molecule has 0 radical (unpaired) electrons. The lowest BCUT2D eigenvalue weighted by molar-refractivity contribution is 0.102. The Bertz CT molecular complexity index is 603. The van der Waals surface area contributed by atoms with Crippen LogP contribution in [0, 0.1) is 5.82 Å². The van der Waals surface area contributed by atoms with Gasteiger partial charge in [-0.2, -0.15) is 0 Å². The standard InChI is InChI=1S/C14H15FN4O/c1-2-7-16-14-17-8-6-12(19-14)13(20)18-11-5-3-4-10(15)9-11/h3-6,8-9H,2,7H2,1H3,(H,18,20)(H,16,17,19). The first-order valence-electron chi connectivity index (χ1n) is 6.33. The molecule has 1 aromatic heterocycles. The molecule has 5 nitrogen and oxygen atoms in total. The molecule has 0 saturated heterocycles. The van der Waals surface area contributed by atoms with E-state index in [1.807, 2.05) is 6.92 Å². The van der Waals surface area contributed by atoms with Gasteiger partial charge in [-0.05, 0) is 30.7 Å². The topological polar surface area (TPSA) is 66.9 Å². The Morgan fingerprint density at radius 3 is 2.95 bits per heavy atom. The third-order valence-corrected chi connectivity index (χ3v) is 2.50.